The molecule has 0 saturated carbocycles. The number of hydrogen-bond donors (Lipinski definition) is 2. The number of aliphatic imine (C=N–C) groups is 1. The van der Waals surface area contributed by atoms with Crippen LogP contribution in [-0.2, 0) is 0 Å². The number of rotatable bonds is 5. The van der Waals surface area contributed by atoms with E-state index in [1.54, 1.807) is 7.05 Å². The average Bonchev–Trinajstić information content (AvgIpc) is 2.10. The lowest BCUT2D eigenvalue weighted by molar-refractivity contribution is 0.242. The van der Waals surface area contributed by atoms with E-state index in [4.69, 9.17) is 0 Å². The van der Waals surface area contributed by atoms with Crippen molar-refractivity contribution >= 4 is 23.4 Å². The molecule has 12 heavy (non-hydrogen) atoms. The maximum absolute atomic E-state index is 10.6. The van der Waals surface area contributed by atoms with Crippen molar-refractivity contribution in [2.24, 2.45) is 4.99 Å². The van der Waals surface area contributed by atoms with Crippen molar-refractivity contribution in [3.63, 3.8) is 0 Å². The van der Waals surface area contributed by atoms with Gasteiger partial charge >= 0.3 is 6.03 Å². The average molecular weight is 187 g/mol. The Hall–Kier alpha value is -0.930. The van der Waals surface area contributed by atoms with Crippen molar-refractivity contribution in [1.82, 2.24) is 10.6 Å². The maximum Gasteiger partial charge on any atom is 0.314 e. The monoisotopic (exact) mass is 187 g/mol. The molecule has 0 aromatic heterocycles. The molecule has 0 bridgehead atoms. The fourth-order valence-corrected chi connectivity index (χ4v) is 0.743. The molecular formula is C7H13N3OS. The number of urea groups is 1. The first kappa shape index (κ1) is 11.1. The van der Waals surface area contributed by atoms with Gasteiger partial charge in [0.1, 0.15) is 0 Å². The standard InChI is InChI=1S/C7H13N3OS/c1-8-7(11)10-5-3-2-4-9-6-12/h2-5H2,1H3,(H2,8,10,11). The Morgan fingerprint density at radius 2 is 2.33 bits per heavy atom. The molecule has 4 nitrogen and oxygen atoms in total. The molecule has 0 aliphatic carbocycles. The molecule has 2 amide bonds. The van der Waals surface area contributed by atoms with E-state index in [0.29, 0.717) is 13.1 Å². The Labute approximate surface area is 77.4 Å². The summed E-state index contributed by atoms with van der Waals surface area (Å²) in [4.78, 5) is 14.4. The van der Waals surface area contributed by atoms with Crippen LogP contribution in [0.4, 0.5) is 4.79 Å². The molecule has 0 rings (SSSR count). The second kappa shape index (κ2) is 8.17. The van der Waals surface area contributed by atoms with Crippen LogP contribution in [-0.4, -0.2) is 31.3 Å². The zero-order valence-corrected chi connectivity index (χ0v) is 7.91. The van der Waals surface area contributed by atoms with E-state index in [1.165, 1.54) is 0 Å². The number of isothiocyanates is 1. The lowest BCUT2D eigenvalue weighted by atomic mass is 10.3. The molecule has 0 aromatic carbocycles. The molecule has 0 heterocycles. The summed E-state index contributed by atoms with van der Waals surface area (Å²) in [6.07, 6.45) is 1.83. The van der Waals surface area contributed by atoms with Gasteiger partial charge in [0.05, 0.1) is 5.16 Å². The highest BCUT2D eigenvalue weighted by Gasteiger charge is 1.92. The van der Waals surface area contributed by atoms with Crippen molar-refractivity contribution in [2.45, 2.75) is 12.8 Å². The van der Waals surface area contributed by atoms with E-state index >= 15 is 0 Å². The number of carbonyl (C=O) groups excluding carboxylic acids is 1. The molecular weight excluding hydrogens is 174 g/mol. The molecule has 5 heteroatoms. The van der Waals surface area contributed by atoms with Crippen molar-refractivity contribution in [3.05, 3.63) is 0 Å². The van der Waals surface area contributed by atoms with Crippen LogP contribution in [0.1, 0.15) is 12.8 Å². The van der Waals surface area contributed by atoms with Gasteiger partial charge in [0.25, 0.3) is 0 Å². The number of nitrogens with one attached hydrogen (secondary N) is 2. The van der Waals surface area contributed by atoms with Crippen molar-refractivity contribution in [2.75, 3.05) is 20.1 Å². The topological polar surface area (TPSA) is 53.5 Å². The summed E-state index contributed by atoms with van der Waals surface area (Å²) in [6.45, 7) is 1.37. The molecule has 0 aliphatic rings. The third-order valence-corrected chi connectivity index (χ3v) is 1.40. The molecule has 0 saturated heterocycles. The largest absolute Gasteiger partial charge is 0.341 e. The van der Waals surface area contributed by atoms with Crippen LogP contribution in [0, 0.1) is 0 Å². The minimum Gasteiger partial charge on any atom is -0.341 e. The van der Waals surface area contributed by atoms with Crippen molar-refractivity contribution in [3.8, 4) is 0 Å². The minimum absolute atomic E-state index is 0.145. The zero-order valence-electron chi connectivity index (χ0n) is 7.09. The summed E-state index contributed by atoms with van der Waals surface area (Å²) >= 11 is 4.39. The first-order chi connectivity index (χ1) is 5.81. The highest BCUT2D eigenvalue weighted by Crippen LogP contribution is 1.86. The third kappa shape index (κ3) is 7.18. The van der Waals surface area contributed by atoms with E-state index in [2.05, 4.69) is 33.0 Å². The van der Waals surface area contributed by atoms with E-state index in [9.17, 15) is 4.79 Å². The van der Waals surface area contributed by atoms with Gasteiger partial charge in [-0.1, -0.05) is 0 Å². The molecule has 68 valence electrons. The molecule has 0 aliphatic heterocycles. The second-order valence-corrected chi connectivity index (χ2v) is 2.37. The lowest BCUT2D eigenvalue weighted by Gasteiger charge is -2.01. The van der Waals surface area contributed by atoms with Gasteiger partial charge in [-0.25, -0.2) is 9.79 Å². The smallest absolute Gasteiger partial charge is 0.314 e. The van der Waals surface area contributed by atoms with Crippen LogP contribution >= 0.6 is 12.2 Å². The fraction of sp³-hybridized carbons (Fsp3) is 0.714. The molecule has 0 radical (unpaired) electrons. The Kier molecular flexibility index (Phi) is 7.54. The van der Waals surface area contributed by atoms with E-state index < -0.39 is 0 Å². The molecule has 0 fully saturated rings. The molecule has 0 spiro atoms. The predicted molar refractivity (Wildman–Crippen MR) is 51.6 cm³/mol. The highest BCUT2D eigenvalue weighted by molar-refractivity contribution is 7.78. The summed E-state index contributed by atoms with van der Waals surface area (Å²) in [5, 5.41) is 7.42. The first-order valence-electron chi connectivity index (χ1n) is 3.80. The molecule has 0 aromatic rings. The number of carbonyl (C=O) groups is 1. The fourth-order valence-electron chi connectivity index (χ4n) is 0.652. The van der Waals surface area contributed by atoms with Crippen LogP contribution in [0.2, 0.25) is 0 Å². The summed E-state index contributed by atoms with van der Waals surface area (Å²) in [6, 6.07) is -0.145. The summed E-state index contributed by atoms with van der Waals surface area (Å²) in [5.74, 6) is 0. The zero-order chi connectivity index (χ0) is 9.23. The van der Waals surface area contributed by atoms with Crippen LogP contribution < -0.4 is 10.6 Å². The summed E-state index contributed by atoms with van der Waals surface area (Å²) < 4.78 is 0. The number of nitrogens with zero attached hydrogens (tertiary/aromatic N) is 1. The van der Waals surface area contributed by atoms with Gasteiger partial charge in [-0.15, -0.1) is 0 Å². The van der Waals surface area contributed by atoms with Gasteiger partial charge in [0, 0.05) is 20.1 Å². The van der Waals surface area contributed by atoms with Crippen molar-refractivity contribution in [1.29, 1.82) is 0 Å². The van der Waals surface area contributed by atoms with Gasteiger partial charge in [0.2, 0.25) is 0 Å². The lowest BCUT2D eigenvalue weighted by Crippen LogP contribution is -2.33. The van der Waals surface area contributed by atoms with Gasteiger partial charge in [-0.2, -0.15) is 0 Å². The Balaban J connectivity index is 3.10. The molecule has 0 unspecified atom stereocenters. The van der Waals surface area contributed by atoms with Gasteiger partial charge in [0.15, 0.2) is 0 Å². The molecule has 2 N–H and O–H groups in total. The van der Waals surface area contributed by atoms with Crippen LogP contribution in [0.5, 0.6) is 0 Å². The van der Waals surface area contributed by atoms with Crippen LogP contribution in [0.3, 0.4) is 0 Å². The second-order valence-electron chi connectivity index (χ2n) is 2.19. The number of amides is 2. The third-order valence-electron chi connectivity index (χ3n) is 1.27. The highest BCUT2D eigenvalue weighted by atomic mass is 32.1. The number of thiocarbonyl (C=S) groups is 1. The first-order valence-corrected chi connectivity index (χ1v) is 4.21. The van der Waals surface area contributed by atoms with Crippen LogP contribution in [0.25, 0.3) is 0 Å². The van der Waals surface area contributed by atoms with Gasteiger partial charge in [-0.3, -0.25) is 0 Å². The molecule has 0 atom stereocenters. The SMILES string of the molecule is CNC(=O)NCCCCN=C=S. The Morgan fingerprint density at radius 3 is 2.92 bits per heavy atom. The normalized spacial score (nSPS) is 8.42. The Morgan fingerprint density at radius 1 is 1.58 bits per heavy atom. The number of unbranched alkanes of at least 4 members (excludes halogenated alkanes) is 1. The van der Waals surface area contributed by atoms with Crippen LogP contribution in [0.15, 0.2) is 4.99 Å². The quantitative estimate of drug-likeness (QED) is 0.380. The van der Waals surface area contributed by atoms with E-state index in [-0.39, 0.29) is 6.03 Å². The summed E-state index contributed by atoms with van der Waals surface area (Å²) in [5.41, 5.74) is 0. The van der Waals surface area contributed by atoms with Gasteiger partial charge in [-0.05, 0) is 25.1 Å². The summed E-state index contributed by atoms with van der Waals surface area (Å²) in [7, 11) is 1.59. The Bertz CT molecular complexity index is 177. The predicted octanol–water partition coefficient (Wildman–Crippen LogP) is 0.798. The van der Waals surface area contributed by atoms with Gasteiger partial charge < -0.3 is 10.6 Å². The number of hydrogen-bond acceptors (Lipinski definition) is 3. The maximum atomic E-state index is 10.6. The van der Waals surface area contributed by atoms with Crippen molar-refractivity contribution < 1.29 is 4.79 Å². The minimum atomic E-state index is -0.145. The van der Waals surface area contributed by atoms with E-state index in [1.807, 2.05) is 0 Å². The van der Waals surface area contributed by atoms with E-state index in [0.717, 1.165) is 12.8 Å².